The molecule has 6 heteroatoms. The van der Waals surface area contributed by atoms with Crippen LogP contribution in [0.5, 0.6) is 0 Å². The summed E-state index contributed by atoms with van der Waals surface area (Å²) in [7, 11) is 0. The van der Waals surface area contributed by atoms with Crippen molar-refractivity contribution in [2.24, 2.45) is 0 Å². The Bertz CT molecular complexity index is 810. The second-order valence-corrected chi connectivity index (χ2v) is 7.68. The van der Waals surface area contributed by atoms with Gasteiger partial charge in [-0.1, -0.05) is 42.5 Å². The first-order valence-corrected chi connectivity index (χ1v) is 10.3. The second-order valence-electron chi connectivity index (χ2n) is 7.68. The van der Waals surface area contributed by atoms with Gasteiger partial charge in [0.15, 0.2) is 6.54 Å². The van der Waals surface area contributed by atoms with Crippen LogP contribution in [0.2, 0.25) is 0 Å². The zero-order valence-corrected chi connectivity index (χ0v) is 16.9. The van der Waals surface area contributed by atoms with Crippen LogP contribution in [0, 0.1) is 0 Å². The van der Waals surface area contributed by atoms with Gasteiger partial charge in [0.2, 0.25) is 5.91 Å². The summed E-state index contributed by atoms with van der Waals surface area (Å²) in [5, 5.41) is 8.17. The number of benzene rings is 2. The van der Waals surface area contributed by atoms with E-state index in [0.29, 0.717) is 13.1 Å². The Hall–Kier alpha value is -2.44. The third-order valence-corrected chi connectivity index (χ3v) is 5.52. The summed E-state index contributed by atoms with van der Waals surface area (Å²) in [6.45, 7) is 9.69. The van der Waals surface area contributed by atoms with Crippen molar-refractivity contribution in [1.29, 1.82) is 0 Å². The maximum Gasteiger partial charge on any atom is 0.275 e. The molecule has 3 rings (SSSR count). The van der Waals surface area contributed by atoms with Crippen LogP contribution in [0.15, 0.2) is 42.5 Å². The molecule has 0 radical (unpaired) electrons. The molecule has 1 saturated heterocycles. The molecule has 1 fully saturated rings. The molecule has 1 atom stereocenters. The molecule has 1 heterocycles. The van der Waals surface area contributed by atoms with Gasteiger partial charge in [-0.3, -0.25) is 9.59 Å². The average Bonchev–Trinajstić information content (AvgIpc) is 2.70. The number of carbonyl (C=O) groups is 2. The lowest BCUT2D eigenvalue weighted by Gasteiger charge is -2.29. The molecule has 1 aliphatic rings. The Morgan fingerprint density at radius 1 is 1.00 bits per heavy atom. The first-order valence-electron chi connectivity index (χ1n) is 10.3. The number of quaternary nitrogens is 2. The van der Waals surface area contributed by atoms with E-state index < -0.39 is 6.04 Å². The Morgan fingerprint density at radius 2 is 1.68 bits per heavy atom. The summed E-state index contributed by atoms with van der Waals surface area (Å²) >= 11 is 0. The van der Waals surface area contributed by atoms with E-state index in [1.165, 1.54) is 21.2 Å². The van der Waals surface area contributed by atoms with Gasteiger partial charge in [-0.25, -0.2) is 0 Å². The van der Waals surface area contributed by atoms with E-state index in [-0.39, 0.29) is 11.8 Å². The van der Waals surface area contributed by atoms with Crippen molar-refractivity contribution < 1.29 is 19.4 Å². The fourth-order valence-corrected chi connectivity index (χ4v) is 3.94. The molecule has 0 spiro atoms. The van der Waals surface area contributed by atoms with Crippen molar-refractivity contribution in [3.63, 3.8) is 0 Å². The Morgan fingerprint density at radius 3 is 2.43 bits per heavy atom. The predicted molar refractivity (Wildman–Crippen MR) is 110 cm³/mol. The standard InChI is InChI=1S/C22H30N4O2/c1-3-23-22(28)17(2)24-21(27)16-26-13-11-25(12-14-26)15-19-9-6-8-18-7-4-5-10-20(18)19/h4-10,17H,3,11-16H2,1-2H3,(H,23,28)(H,24,27)/p+2/t17-/m0/s1. The van der Waals surface area contributed by atoms with Gasteiger partial charge in [0, 0.05) is 12.1 Å². The van der Waals surface area contributed by atoms with Crippen molar-refractivity contribution in [3.05, 3.63) is 48.0 Å². The molecule has 0 aromatic heterocycles. The monoisotopic (exact) mass is 384 g/mol. The largest absolute Gasteiger partial charge is 0.355 e. The van der Waals surface area contributed by atoms with Gasteiger partial charge in [-0.05, 0) is 24.6 Å². The van der Waals surface area contributed by atoms with Crippen molar-refractivity contribution in [3.8, 4) is 0 Å². The SMILES string of the molecule is CCNC(=O)[C@H](C)NC(=O)C[NH+]1CC[NH+](Cc2cccc3ccccc23)CC1. The molecule has 0 aliphatic carbocycles. The minimum atomic E-state index is -0.481. The van der Waals surface area contributed by atoms with Crippen LogP contribution in [0.1, 0.15) is 19.4 Å². The highest BCUT2D eigenvalue weighted by atomic mass is 16.2. The number of rotatable bonds is 7. The van der Waals surface area contributed by atoms with Gasteiger partial charge >= 0.3 is 0 Å². The molecule has 28 heavy (non-hydrogen) atoms. The van der Waals surface area contributed by atoms with E-state index in [4.69, 9.17) is 0 Å². The van der Waals surface area contributed by atoms with Crippen molar-refractivity contribution in [2.45, 2.75) is 26.4 Å². The van der Waals surface area contributed by atoms with Gasteiger partial charge in [0.25, 0.3) is 5.91 Å². The van der Waals surface area contributed by atoms with E-state index in [0.717, 1.165) is 32.7 Å². The fourth-order valence-electron chi connectivity index (χ4n) is 3.94. The lowest BCUT2D eigenvalue weighted by atomic mass is 10.0. The van der Waals surface area contributed by atoms with Gasteiger partial charge in [-0.2, -0.15) is 0 Å². The molecule has 4 N–H and O–H groups in total. The first-order chi connectivity index (χ1) is 13.6. The van der Waals surface area contributed by atoms with Crippen molar-refractivity contribution in [1.82, 2.24) is 10.6 Å². The van der Waals surface area contributed by atoms with E-state index in [2.05, 4.69) is 53.1 Å². The van der Waals surface area contributed by atoms with Crippen LogP contribution < -0.4 is 20.4 Å². The van der Waals surface area contributed by atoms with Gasteiger partial charge in [0.1, 0.15) is 38.8 Å². The number of fused-ring (bicyclic) bond motifs is 1. The maximum atomic E-state index is 12.2. The topological polar surface area (TPSA) is 67.1 Å². The lowest BCUT2D eigenvalue weighted by molar-refractivity contribution is -1.02. The highest BCUT2D eigenvalue weighted by molar-refractivity contribution is 5.87. The highest BCUT2D eigenvalue weighted by Crippen LogP contribution is 2.17. The molecule has 2 aromatic carbocycles. The third kappa shape index (κ3) is 5.30. The van der Waals surface area contributed by atoms with Crippen LogP contribution in [-0.4, -0.2) is 57.1 Å². The van der Waals surface area contributed by atoms with Gasteiger partial charge in [-0.15, -0.1) is 0 Å². The summed E-state index contributed by atoms with van der Waals surface area (Å²) in [5.41, 5.74) is 1.39. The predicted octanol–water partition coefficient (Wildman–Crippen LogP) is -1.24. The van der Waals surface area contributed by atoms with E-state index in [1.807, 2.05) is 6.92 Å². The quantitative estimate of drug-likeness (QED) is 0.483. The summed E-state index contributed by atoms with van der Waals surface area (Å²) in [4.78, 5) is 26.8. The molecule has 0 bridgehead atoms. The second kappa shape index (κ2) is 9.66. The molecular formula is C22H32N4O2+2. The smallest absolute Gasteiger partial charge is 0.275 e. The lowest BCUT2D eigenvalue weighted by Crippen LogP contribution is -3.28. The summed E-state index contributed by atoms with van der Waals surface area (Å²) < 4.78 is 0. The van der Waals surface area contributed by atoms with Crippen LogP contribution >= 0.6 is 0 Å². The number of piperazine rings is 1. The molecule has 1 aliphatic heterocycles. The number of hydrogen-bond donors (Lipinski definition) is 4. The highest BCUT2D eigenvalue weighted by Gasteiger charge is 2.26. The van der Waals surface area contributed by atoms with Gasteiger partial charge in [0.05, 0.1) is 0 Å². The summed E-state index contributed by atoms with van der Waals surface area (Å²) in [6.07, 6.45) is 0. The van der Waals surface area contributed by atoms with E-state index in [9.17, 15) is 9.59 Å². The van der Waals surface area contributed by atoms with Crippen LogP contribution in [0.25, 0.3) is 10.8 Å². The van der Waals surface area contributed by atoms with Crippen LogP contribution in [-0.2, 0) is 16.1 Å². The molecule has 6 nitrogen and oxygen atoms in total. The maximum absolute atomic E-state index is 12.2. The number of likely N-dealkylation sites (N-methyl/N-ethyl adjacent to an activating group) is 1. The Labute approximate surface area is 166 Å². The molecular weight excluding hydrogens is 352 g/mol. The van der Waals surface area contributed by atoms with E-state index in [1.54, 1.807) is 11.8 Å². The summed E-state index contributed by atoms with van der Waals surface area (Å²) in [5.74, 6) is -0.179. The van der Waals surface area contributed by atoms with Crippen LogP contribution in [0.4, 0.5) is 0 Å². The number of carbonyl (C=O) groups excluding carboxylic acids is 2. The van der Waals surface area contributed by atoms with Crippen molar-refractivity contribution in [2.75, 3.05) is 39.3 Å². The Balaban J connectivity index is 1.47. The van der Waals surface area contributed by atoms with Gasteiger partial charge < -0.3 is 20.4 Å². The average molecular weight is 385 g/mol. The minimum absolute atomic E-state index is 0.0498. The number of amides is 2. The number of nitrogens with one attached hydrogen (secondary N) is 4. The molecule has 2 aromatic rings. The van der Waals surface area contributed by atoms with Crippen molar-refractivity contribution >= 4 is 22.6 Å². The molecule has 0 saturated carbocycles. The number of hydrogen-bond acceptors (Lipinski definition) is 2. The fraction of sp³-hybridized carbons (Fsp3) is 0.455. The van der Waals surface area contributed by atoms with E-state index >= 15 is 0 Å². The minimum Gasteiger partial charge on any atom is -0.355 e. The molecule has 2 amide bonds. The zero-order chi connectivity index (χ0) is 19.9. The van der Waals surface area contributed by atoms with Crippen LogP contribution in [0.3, 0.4) is 0 Å². The zero-order valence-electron chi connectivity index (χ0n) is 16.9. The first kappa shape index (κ1) is 20.3. The summed E-state index contributed by atoms with van der Waals surface area (Å²) in [6, 6.07) is 14.6. The Kier molecular flexibility index (Phi) is 7.01. The molecule has 0 unspecified atom stereocenters. The molecule has 150 valence electrons. The third-order valence-electron chi connectivity index (χ3n) is 5.52. The normalized spacial score (nSPS) is 20.5.